The SMILES string of the molecule is COC(=O)[C@H](Cc1ccc(O[P@](=O)(CO[C@H](C)Cn2cnc3c(N)ncnc32)N[C@@H](C)C(=O)OC(C)C)cc1)NC(C)=O. The minimum Gasteiger partial charge on any atom is -0.467 e. The van der Waals surface area contributed by atoms with Crippen molar-refractivity contribution in [3.63, 3.8) is 0 Å². The molecule has 0 aliphatic rings. The lowest BCUT2D eigenvalue weighted by Gasteiger charge is -2.25. The van der Waals surface area contributed by atoms with Crippen LogP contribution >= 0.6 is 7.52 Å². The number of ether oxygens (including phenoxy) is 3. The van der Waals surface area contributed by atoms with Gasteiger partial charge in [0, 0.05) is 13.3 Å². The summed E-state index contributed by atoms with van der Waals surface area (Å²) in [6, 6.07) is 4.61. The van der Waals surface area contributed by atoms with E-state index in [9.17, 15) is 18.9 Å². The van der Waals surface area contributed by atoms with Crippen LogP contribution in [0.2, 0.25) is 0 Å². The van der Waals surface area contributed by atoms with Crippen molar-refractivity contribution in [2.45, 2.75) is 71.9 Å². The quantitative estimate of drug-likeness (QED) is 0.165. The fraction of sp³-hybridized carbons (Fsp3) is 0.481. The van der Waals surface area contributed by atoms with Gasteiger partial charge in [0.25, 0.3) is 0 Å². The summed E-state index contributed by atoms with van der Waals surface area (Å²) in [5.74, 6) is -1.08. The van der Waals surface area contributed by atoms with E-state index in [2.05, 4.69) is 25.4 Å². The van der Waals surface area contributed by atoms with Gasteiger partial charge in [-0.15, -0.1) is 0 Å². The molecule has 3 rings (SSSR count). The van der Waals surface area contributed by atoms with Crippen LogP contribution in [0.4, 0.5) is 5.82 Å². The number of anilines is 1. The lowest BCUT2D eigenvalue weighted by Crippen LogP contribution is -2.41. The lowest BCUT2D eigenvalue weighted by molar-refractivity contribution is -0.149. The number of rotatable bonds is 15. The highest BCUT2D eigenvalue weighted by atomic mass is 31.2. The average Bonchev–Trinajstić information content (AvgIpc) is 3.35. The fourth-order valence-electron chi connectivity index (χ4n) is 4.03. The number of carbonyl (C=O) groups excluding carboxylic acids is 3. The Bertz CT molecular complexity index is 1460. The van der Waals surface area contributed by atoms with Gasteiger partial charge in [0.15, 0.2) is 11.5 Å². The lowest BCUT2D eigenvalue weighted by atomic mass is 10.1. The first-order valence-electron chi connectivity index (χ1n) is 13.5. The second-order valence-corrected chi connectivity index (χ2v) is 12.2. The molecule has 234 valence electrons. The second-order valence-electron chi connectivity index (χ2n) is 10.2. The van der Waals surface area contributed by atoms with Crippen LogP contribution in [-0.2, 0) is 46.1 Å². The molecule has 0 fully saturated rings. The molecule has 0 aliphatic carbocycles. The Labute approximate surface area is 249 Å². The Kier molecular flexibility index (Phi) is 11.6. The molecule has 0 saturated carbocycles. The zero-order valence-corrected chi connectivity index (χ0v) is 25.9. The van der Waals surface area contributed by atoms with E-state index in [4.69, 9.17) is 24.5 Å². The largest absolute Gasteiger partial charge is 0.467 e. The molecule has 1 amide bonds. The number of amides is 1. The minimum atomic E-state index is -3.85. The van der Waals surface area contributed by atoms with Crippen LogP contribution in [0.25, 0.3) is 11.2 Å². The molecule has 16 heteroatoms. The maximum Gasteiger partial charge on any atom is 0.342 e. The molecule has 0 bridgehead atoms. The van der Waals surface area contributed by atoms with E-state index in [1.165, 1.54) is 27.3 Å². The fourth-order valence-corrected chi connectivity index (χ4v) is 5.82. The highest BCUT2D eigenvalue weighted by Crippen LogP contribution is 2.44. The molecule has 0 aliphatic heterocycles. The number of methoxy groups -OCH3 is 1. The minimum absolute atomic E-state index is 0.167. The molecular formula is C27H38N7O8P. The molecule has 4 atom stereocenters. The predicted molar refractivity (Wildman–Crippen MR) is 157 cm³/mol. The first kappa shape index (κ1) is 33.4. The average molecular weight is 620 g/mol. The number of nitrogen functional groups attached to an aromatic ring is 1. The highest BCUT2D eigenvalue weighted by Gasteiger charge is 2.32. The van der Waals surface area contributed by atoms with Crippen LogP contribution in [0.1, 0.15) is 40.2 Å². The third-order valence-corrected chi connectivity index (χ3v) is 7.76. The highest BCUT2D eigenvalue weighted by molar-refractivity contribution is 7.57. The van der Waals surface area contributed by atoms with Gasteiger partial charge in [-0.2, -0.15) is 0 Å². The van der Waals surface area contributed by atoms with Gasteiger partial charge in [0.05, 0.1) is 32.2 Å². The number of carbonyl (C=O) groups is 3. The molecule has 0 radical (unpaired) electrons. The van der Waals surface area contributed by atoms with Crippen LogP contribution in [-0.4, -0.2) is 75.1 Å². The number of nitrogens with zero attached hydrogens (tertiary/aromatic N) is 4. The molecule has 0 unspecified atom stereocenters. The molecule has 1 aromatic carbocycles. The second kappa shape index (κ2) is 14.9. The van der Waals surface area contributed by atoms with Crippen molar-refractivity contribution >= 4 is 42.3 Å². The third-order valence-electron chi connectivity index (χ3n) is 5.99. The zero-order valence-electron chi connectivity index (χ0n) is 25.0. The number of hydrogen-bond acceptors (Lipinski definition) is 12. The third kappa shape index (κ3) is 9.73. The van der Waals surface area contributed by atoms with Crippen LogP contribution in [0.15, 0.2) is 36.9 Å². The van der Waals surface area contributed by atoms with Crippen LogP contribution in [0.3, 0.4) is 0 Å². The Morgan fingerprint density at radius 1 is 1.05 bits per heavy atom. The van der Waals surface area contributed by atoms with Crippen molar-refractivity contribution in [2.75, 3.05) is 19.2 Å². The Morgan fingerprint density at radius 3 is 2.37 bits per heavy atom. The number of imidazole rings is 1. The maximum atomic E-state index is 14.0. The van der Waals surface area contributed by atoms with Crippen molar-refractivity contribution in [2.24, 2.45) is 0 Å². The summed E-state index contributed by atoms with van der Waals surface area (Å²) in [6.45, 7) is 8.33. The number of nitrogens with one attached hydrogen (secondary N) is 2. The van der Waals surface area contributed by atoms with E-state index in [0.29, 0.717) is 23.3 Å². The van der Waals surface area contributed by atoms with E-state index in [0.717, 1.165) is 0 Å². The summed E-state index contributed by atoms with van der Waals surface area (Å²) in [4.78, 5) is 48.4. The summed E-state index contributed by atoms with van der Waals surface area (Å²) < 4.78 is 37.6. The standard InChI is InChI=1S/C27H38N7O8P/c1-16(2)41-26(36)18(4)33-43(38,15-40-17(3)12-34-14-31-23-24(28)29-13-30-25(23)34)42-21-9-7-20(8-10-21)11-22(27(37)39-6)32-19(5)35/h7-10,13-14,16-18,22H,11-12,15H2,1-6H3,(H,32,35)(H,33,38)(H2,28,29,30)/t17-,18+,22+,43-/m1/s1. The zero-order chi connectivity index (χ0) is 31.7. The van der Waals surface area contributed by atoms with Gasteiger partial charge in [0.2, 0.25) is 5.91 Å². The van der Waals surface area contributed by atoms with Crippen molar-refractivity contribution in [1.29, 1.82) is 0 Å². The van der Waals surface area contributed by atoms with Gasteiger partial charge in [-0.3, -0.25) is 14.2 Å². The van der Waals surface area contributed by atoms with Gasteiger partial charge in [-0.05, 0) is 45.4 Å². The number of nitrogens with two attached hydrogens (primary N) is 1. The molecule has 15 nitrogen and oxygen atoms in total. The molecule has 3 aromatic rings. The van der Waals surface area contributed by atoms with Crippen LogP contribution in [0.5, 0.6) is 5.75 Å². The van der Waals surface area contributed by atoms with Gasteiger partial charge in [0.1, 0.15) is 36.0 Å². The van der Waals surface area contributed by atoms with E-state index in [1.807, 2.05) is 0 Å². The summed E-state index contributed by atoms with van der Waals surface area (Å²) in [7, 11) is -2.61. The van der Waals surface area contributed by atoms with Gasteiger partial charge in [-0.1, -0.05) is 12.1 Å². The van der Waals surface area contributed by atoms with E-state index >= 15 is 0 Å². The molecule has 2 heterocycles. The normalized spacial score (nSPS) is 14.9. The summed E-state index contributed by atoms with van der Waals surface area (Å²) in [5.41, 5.74) is 7.54. The van der Waals surface area contributed by atoms with Gasteiger partial charge < -0.3 is 34.4 Å². The van der Waals surface area contributed by atoms with Gasteiger partial charge >= 0.3 is 19.5 Å². The van der Waals surface area contributed by atoms with E-state index in [1.54, 1.807) is 55.9 Å². The van der Waals surface area contributed by atoms with Crippen LogP contribution in [0, 0.1) is 0 Å². The number of hydrogen-bond donors (Lipinski definition) is 3. The number of esters is 2. The topological polar surface area (TPSA) is 199 Å². The predicted octanol–water partition coefficient (Wildman–Crippen LogP) is 2.19. The van der Waals surface area contributed by atoms with Crippen molar-refractivity contribution in [3.05, 3.63) is 42.5 Å². The summed E-state index contributed by atoms with van der Waals surface area (Å²) >= 11 is 0. The smallest absolute Gasteiger partial charge is 0.342 e. The molecule has 0 spiro atoms. The Balaban J connectivity index is 1.74. The Hall–Kier alpha value is -4.07. The van der Waals surface area contributed by atoms with Crippen molar-refractivity contribution < 1.29 is 37.7 Å². The molecule has 2 aromatic heterocycles. The Morgan fingerprint density at radius 2 is 1.74 bits per heavy atom. The van der Waals surface area contributed by atoms with Crippen molar-refractivity contribution in [1.82, 2.24) is 29.9 Å². The molecule has 0 saturated heterocycles. The summed E-state index contributed by atoms with van der Waals surface area (Å²) in [5, 5.41) is 5.31. The number of benzene rings is 1. The van der Waals surface area contributed by atoms with Crippen LogP contribution < -0.4 is 20.7 Å². The number of fused-ring (bicyclic) bond motifs is 1. The van der Waals surface area contributed by atoms with Crippen molar-refractivity contribution in [3.8, 4) is 5.75 Å². The first-order chi connectivity index (χ1) is 20.3. The maximum absolute atomic E-state index is 14.0. The molecule has 43 heavy (non-hydrogen) atoms. The number of aromatic nitrogens is 4. The first-order valence-corrected chi connectivity index (χ1v) is 15.3. The molecular weight excluding hydrogens is 581 g/mol. The van der Waals surface area contributed by atoms with E-state index < -0.39 is 37.6 Å². The summed E-state index contributed by atoms with van der Waals surface area (Å²) in [6.07, 6.45) is 1.84. The molecule has 4 N–H and O–H groups in total. The van der Waals surface area contributed by atoms with Gasteiger partial charge in [-0.25, -0.2) is 24.8 Å². The van der Waals surface area contributed by atoms with E-state index in [-0.39, 0.29) is 36.3 Å². The monoisotopic (exact) mass is 619 g/mol.